The van der Waals surface area contributed by atoms with Gasteiger partial charge in [-0.3, -0.25) is 0 Å². The zero-order valence-electron chi connectivity index (χ0n) is 10.7. The van der Waals surface area contributed by atoms with E-state index < -0.39 is 21.1 Å². The van der Waals surface area contributed by atoms with Crippen molar-refractivity contribution in [1.29, 1.82) is 0 Å². The highest BCUT2D eigenvalue weighted by Crippen LogP contribution is 2.37. The molecule has 0 atom stereocenters. The smallest absolute Gasteiger partial charge is 0.487 e. The normalized spacial score (nSPS) is 12.4. The molecule has 2 aromatic rings. The maximum Gasteiger partial charge on any atom is 0.487 e. The van der Waals surface area contributed by atoms with Crippen LogP contribution in [0.15, 0.2) is 35.3 Å². The first-order chi connectivity index (χ1) is 10.5. The van der Waals surface area contributed by atoms with Crippen LogP contribution in [-0.2, 0) is 0 Å². The summed E-state index contributed by atoms with van der Waals surface area (Å²) in [6, 6.07) is 4.62. The molecular weight excluding hydrogens is 404 g/mol. The Bertz CT molecular complexity index is 753. The summed E-state index contributed by atoms with van der Waals surface area (Å²) in [5, 5.41) is 9.77. The van der Waals surface area contributed by atoms with Gasteiger partial charge in [0.05, 0.1) is 11.9 Å². The second kappa shape index (κ2) is 6.39. The predicted molar refractivity (Wildman–Crippen MR) is 81.7 cm³/mol. The van der Waals surface area contributed by atoms with Gasteiger partial charge in [0, 0.05) is 23.5 Å². The van der Waals surface area contributed by atoms with Crippen LogP contribution in [0.3, 0.4) is 0 Å². The van der Waals surface area contributed by atoms with Crippen LogP contribution < -0.4 is 10.4 Å². The molecule has 23 heavy (non-hydrogen) atoms. The number of halogens is 6. The maximum atomic E-state index is 13.2. The van der Waals surface area contributed by atoms with E-state index in [4.69, 9.17) is 23.2 Å². The first-order valence-corrected chi connectivity index (χ1v) is 7.53. The van der Waals surface area contributed by atoms with Crippen LogP contribution in [-0.4, -0.2) is 23.1 Å². The lowest BCUT2D eigenvalue weighted by molar-refractivity contribution is -0.0964. The van der Waals surface area contributed by atoms with E-state index in [1.807, 2.05) is 0 Å². The minimum atomic E-state index is -3.88. The number of ether oxygens (including phenoxy) is 1. The Hall–Kier alpha value is -1.16. The number of imidazole rings is 1. The Morgan fingerprint density at radius 2 is 1.70 bits per heavy atom. The molecule has 12 heteroatoms. The van der Waals surface area contributed by atoms with Gasteiger partial charge in [-0.2, -0.15) is 4.39 Å². The molecule has 0 bridgehead atoms. The standard InChI is InChI=1S/C11H6Cl3F3N2O3S/c12-10(13,15)23-18-5-8(20)19(9(18)21)6-1-3-7(4-2-6)22-11(14,16)17/h1-5,20H. The van der Waals surface area contributed by atoms with Crippen LogP contribution in [0.5, 0.6) is 11.6 Å². The van der Waals surface area contributed by atoms with E-state index in [2.05, 4.69) is 16.3 Å². The maximum absolute atomic E-state index is 13.2. The van der Waals surface area contributed by atoms with Crippen molar-refractivity contribution in [3.63, 3.8) is 0 Å². The van der Waals surface area contributed by atoms with E-state index in [-0.39, 0.29) is 23.4 Å². The fourth-order valence-electron chi connectivity index (χ4n) is 1.63. The number of hydrogen-bond acceptors (Lipinski definition) is 4. The molecule has 0 saturated carbocycles. The van der Waals surface area contributed by atoms with E-state index in [1.165, 1.54) is 12.1 Å². The predicted octanol–water partition coefficient (Wildman–Crippen LogP) is 4.07. The number of hydrogen-bond donors (Lipinski definition) is 1. The molecule has 0 saturated heterocycles. The largest absolute Gasteiger partial charge is 0.493 e. The first-order valence-electron chi connectivity index (χ1n) is 5.62. The van der Waals surface area contributed by atoms with Crippen LogP contribution in [0.2, 0.25) is 0 Å². The topological polar surface area (TPSA) is 56.4 Å². The number of aromatic nitrogens is 2. The van der Waals surface area contributed by atoms with Crippen molar-refractivity contribution in [2.45, 2.75) is 9.49 Å². The van der Waals surface area contributed by atoms with Gasteiger partial charge < -0.3 is 9.84 Å². The third kappa shape index (κ3) is 4.90. The summed E-state index contributed by atoms with van der Waals surface area (Å²) in [7, 11) is 0. The molecule has 1 heterocycles. The number of nitrogens with zero attached hydrogens (tertiary/aromatic N) is 2. The minimum Gasteiger partial charge on any atom is -0.493 e. The summed E-state index contributed by atoms with van der Waals surface area (Å²) in [4.78, 5) is 12.1. The summed E-state index contributed by atoms with van der Waals surface area (Å²) in [6.07, 6.45) is 0.892. The number of benzene rings is 1. The third-order valence-corrected chi connectivity index (χ3v) is 3.53. The van der Waals surface area contributed by atoms with Gasteiger partial charge in [-0.05, 0) is 24.3 Å². The van der Waals surface area contributed by atoms with E-state index in [0.717, 1.165) is 22.9 Å². The molecule has 0 unspecified atom stereocenters. The van der Waals surface area contributed by atoms with Crippen LogP contribution >= 0.6 is 46.8 Å². The van der Waals surface area contributed by atoms with E-state index >= 15 is 0 Å². The highest BCUT2D eigenvalue weighted by molar-refractivity contribution is 8.01. The Morgan fingerprint density at radius 1 is 1.13 bits per heavy atom. The van der Waals surface area contributed by atoms with Crippen molar-refractivity contribution in [1.82, 2.24) is 8.54 Å². The summed E-state index contributed by atoms with van der Waals surface area (Å²) < 4.78 is 40.9. The molecule has 0 radical (unpaired) electrons. The second-order valence-electron chi connectivity index (χ2n) is 4.01. The molecule has 2 rings (SSSR count). The summed E-state index contributed by atoms with van der Waals surface area (Å²) in [5.74, 6) is -0.809. The van der Waals surface area contributed by atoms with Gasteiger partial charge in [-0.25, -0.2) is 13.3 Å². The molecule has 0 aliphatic carbocycles. The summed E-state index contributed by atoms with van der Waals surface area (Å²) >= 11 is 15.0. The number of rotatable bonds is 5. The molecule has 0 spiro atoms. The van der Waals surface area contributed by atoms with Crippen LogP contribution in [0.4, 0.5) is 13.2 Å². The highest BCUT2D eigenvalue weighted by Gasteiger charge is 2.28. The Morgan fingerprint density at radius 3 is 2.17 bits per heavy atom. The zero-order valence-corrected chi connectivity index (χ0v) is 13.8. The monoisotopic (exact) mass is 408 g/mol. The Kier molecular flexibility index (Phi) is 5.05. The van der Waals surface area contributed by atoms with Crippen LogP contribution in [0, 0.1) is 0 Å². The lowest BCUT2D eigenvalue weighted by Crippen LogP contribution is -2.22. The molecule has 126 valence electrons. The quantitative estimate of drug-likeness (QED) is 0.757. The molecular formula is C11H6Cl3F3N2O3S. The van der Waals surface area contributed by atoms with Crippen molar-refractivity contribution >= 4 is 46.8 Å². The van der Waals surface area contributed by atoms with Crippen molar-refractivity contribution in [2.24, 2.45) is 0 Å². The SMILES string of the molecule is O=c1n(SC(F)(Cl)Cl)cc(O)n1-c1ccc(OC(F)(F)Cl)cc1. The van der Waals surface area contributed by atoms with Gasteiger partial charge in [-0.1, -0.05) is 23.2 Å². The second-order valence-corrected chi connectivity index (χ2v) is 7.27. The molecule has 5 nitrogen and oxygen atoms in total. The zero-order chi connectivity index (χ0) is 17.4. The molecule has 1 N–H and O–H groups in total. The average Bonchev–Trinajstić information content (AvgIpc) is 2.62. The molecule has 1 aromatic carbocycles. The molecule has 1 aromatic heterocycles. The fourth-order valence-corrected chi connectivity index (χ4v) is 2.70. The van der Waals surface area contributed by atoms with Crippen molar-refractivity contribution in [3.05, 3.63) is 40.9 Å². The van der Waals surface area contributed by atoms with Crippen molar-refractivity contribution in [2.75, 3.05) is 0 Å². The summed E-state index contributed by atoms with van der Waals surface area (Å²) in [6.45, 7) is 0. The number of alkyl halides is 6. The van der Waals surface area contributed by atoms with Gasteiger partial charge in [0.15, 0.2) is 0 Å². The van der Waals surface area contributed by atoms with Crippen LogP contribution in [0.25, 0.3) is 5.69 Å². The molecule has 0 fully saturated rings. The average molecular weight is 410 g/mol. The minimum absolute atomic E-state index is 0.102. The van der Waals surface area contributed by atoms with Gasteiger partial charge >= 0.3 is 15.2 Å². The molecule has 0 aliphatic heterocycles. The van der Waals surface area contributed by atoms with E-state index in [1.54, 1.807) is 0 Å². The molecule has 0 amide bonds. The fraction of sp³-hybridized carbons (Fsp3) is 0.182. The Balaban J connectivity index is 2.34. The summed E-state index contributed by atoms with van der Waals surface area (Å²) in [5.41, 5.74) is -4.65. The van der Waals surface area contributed by atoms with Crippen molar-refractivity contribution in [3.8, 4) is 17.3 Å². The number of aromatic hydroxyl groups is 1. The van der Waals surface area contributed by atoms with Gasteiger partial charge in [0.1, 0.15) is 5.75 Å². The molecule has 0 aliphatic rings. The highest BCUT2D eigenvalue weighted by atomic mass is 35.5. The first kappa shape index (κ1) is 18.2. The lowest BCUT2D eigenvalue weighted by Gasteiger charge is -2.11. The Labute approximate surface area is 146 Å². The lowest BCUT2D eigenvalue weighted by atomic mass is 10.3. The third-order valence-electron chi connectivity index (χ3n) is 2.37. The van der Waals surface area contributed by atoms with Gasteiger partial charge in [0.25, 0.3) is 0 Å². The van der Waals surface area contributed by atoms with Gasteiger partial charge in [-0.15, -0.1) is 8.78 Å². The van der Waals surface area contributed by atoms with Gasteiger partial charge in [0.2, 0.25) is 5.88 Å². The van der Waals surface area contributed by atoms with E-state index in [0.29, 0.717) is 3.97 Å². The van der Waals surface area contributed by atoms with Crippen molar-refractivity contribution < 1.29 is 23.0 Å². The van der Waals surface area contributed by atoms with Crippen LogP contribution in [0.1, 0.15) is 0 Å². The van der Waals surface area contributed by atoms with E-state index in [9.17, 15) is 23.1 Å².